The van der Waals surface area contributed by atoms with E-state index >= 15 is 0 Å². The van der Waals surface area contributed by atoms with E-state index in [4.69, 9.17) is 5.14 Å². The average molecular weight is 434 g/mol. The molecule has 11 heteroatoms. The van der Waals surface area contributed by atoms with Crippen molar-refractivity contribution in [2.75, 3.05) is 29.9 Å². The molecule has 3 fully saturated rings. The van der Waals surface area contributed by atoms with Gasteiger partial charge in [-0.1, -0.05) is 0 Å². The summed E-state index contributed by atoms with van der Waals surface area (Å²) in [6.45, 7) is 2.70. The second-order valence-electron chi connectivity index (χ2n) is 8.35. The summed E-state index contributed by atoms with van der Waals surface area (Å²) in [5, 5.41) is 7.78. The highest BCUT2D eigenvalue weighted by molar-refractivity contribution is 7.89. The summed E-state index contributed by atoms with van der Waals surface area (Å²) in [6, 6.07) is 3.70. The lowest BCUT2D eigenvalue weighted by molar-refractivity contribution is 0.161. The third kappa shape index (κ3) is 3.96. The van der Waals surface area contributed by atoms with Crippen LogP contribution in [-0.4, -0.2) is 60.0 Å². The van der Waals surface area contributed by atoms with Crippen LogP contribution in [0.3, 0.4) is 0 Å². The maximum atomic E-state index is 14.6. The van der Waals surface area contributed by atoms with Gasteiger partial charge in [-0.3, -0.25) is 4.90 Å². The van der Waals surface area contributed by atoms with Crippen molar-refractivity contribution in [2.45, 2.75) is 42.8 Å². The van der Waals surface area contributed by atoms with Crippen LogP contribution in [0.15, 0.2) is 29.6 Å². The van der Waals surface area contributed by atoms with Crippen molar-refractivity contribution < 1.29 is 12.8 Å². The lowest BCUT2D eigenvalue weighted by atomic mass is 10.1. The average Bonchev–Trinajstić information content (AvgIpc) is 3.49. The number of hydrogen-bond donors (Lipinski definition) is 2. The summed E-state index contributed by atoms with van der Waals surface area (Å²) in [4.78, 5) is 16.9. The molecule has 5 rings (SSSR count). The van der Waals surface area contributed by atoms with Crippen molar-refractivity contribution in [2.24, 2.45) is 11.1 Å². The highest BCUT2D eigenvalue weighted by Crippen LogP contribution is 2.38. The first-order valence-corrected chi connectivity index (χ1v) is 11.7. The van der Waals surface area contributed by atoms with Gasteiger partial charge in [-0.05, 0) is 43.7 Å². The number of sulfonamides is 1. The molecule has 0 radical (unpaired) electrons. The van der Waals surface area contributed by atoms with Crippen LogP contribution in [0, 0.1) is 11.7 Å². The van der Waals surface area contributed by atoms with E-state index in [0.717, 1.165) is 38.0 Å². The largest absolute Gasteiger partial charge is 0.351 e. The molecule has 2 aromatic heterocycles. The standard InChI is InChI=1S/C19H24FN7O2S/c20-16-8-23-19(24-13-3-6-17(22-7-13)30(21,28)29)25-18(16)26-10-14-4-5-15(11-26)27(14)9-12-1-2-12/h3,6-8,12,14-15H,1-2,4-5,9-11H2,(H2,21,28,29)(H,23,24,25)/t14-,15+. The lowest BCUT2D eigenvalue weighted by Gasteiger charge is -2.41. The third-order valence-corrected chi connectivity index (χ3v) is 6.93. The highest BCUT2D eigenvalue weighted by Gasteiger charge is 2.42. The number of nitrogens with two attached hydrogens (primary N) is 1. The third-order valence-electron chi connectivity index (χ3n) is 6.11. The molecule has 0 spiro atoms. The Morgan fingerprint density at radius 1 is 1.10 bits per heavy atom. The normalized spacial score (nSPS) is 24.3. The van der Waals surface area contributed by atoms with E-state index in [1.54, 1.807) is 0 Å². The van der Waals surface area contributed by atoms with Crippen LogP contribution in [0.4, 0.5) is 21.8 Å². The summed E-state index contributed by atoms with van der Waals surface area (Å²) in [5.41, 5.74) is 0.481. The molecule has 3 aliphatic rings. The summed E-state index contributed by atoms with van der Waals surface area (Å²) in [6.07, 6.45) is 7.45. The van der Waals surface area contributed by atoms with Crippen LogP contribution in [-0.2, 0) is 10.0 Å². The summed E-state index contributed by atoms with van der Waals surface area (Å²) < 4.78 is 37.2. The molecule has 160 valence electrons. The minimum atomic E-state index is -3.86. The summed E-state index contributed by atoms with van der Waals surface area (Å²) in [7, 11) is -3.86. The molecule has 3 N–H and O–H groups in total. The van der Waals surface area contributed by atoms with Gasteiger partial charge in [0.05, 0.1) is 18.1 Å². The maximum absolute atomic E-state index is 14.6. The molecule has 9 nitrogen and oxygen atoms in total. The van der Waals surface area contributed by atoms with Crippen molar-refractivity contribution in [1.29, 1.82) is 0 Å². The van der Waals surface area contributed by atoms with Gasteiger partial charge in [0.2, 0.25) is 5.95 Å². The van der Waals surface area contributed by atoms with E-state index in [1.165, 1.54) is 37.7 Å². The Hall–Kier alpha value is -2.37. The van der Waals surface area contributed by atoms with E-state index in [9.17, 15) is 12.8 Å². The fourth-order valence-corrected chi connectivity index (χ4v) is 4.91. The minimum Gasteiger partial charge on any atom is -0.351 e. The van der Waals surface area contributed by atoms with Crippen LogP contribution in [0.1, 0.15) is 25.7 Å². The molecule has 30 heavy (non-hydrogen) atoms. The molecule has 2 saturated heterocycles. The molecular weight excluding hydrogens is 409 g/mol. The lowest BCUT2D eigenvalue weighted by Crippen LogP contribution is -2.54. The van der Waals surface area contributed by atoms with E-state index in [0.29, 0.717) is 23.6 Å². The van der Waals surface area contributed by atoms with Crippen LogP contribution in [0.5, 0.6) is 0 Å². The predicted octanol–water partition coefficient (Wildman–Crippen LogP) is 1.46. The molecule has 4 heterocycles. The van der Waals surface area contributed by atoms with E-state index in [1.807, 2.05) is 4.90 Å². The summed E-state index contributed by atoms with van der Waals surface area (Å²) >= 11 is 0. The molecule has 0 unspecified atom stereocenters. The van der Waals surface area contributed by atoms with Gasteiger partial charge in [0.15, 0.2) is 16.7 Å². The van der Waals surface area contributed by atoms with Gasteiger partial charge < -0.3 is 10.2 Å². The molecule has 2 aliphatic heterocycles. The number of fused-ring (bicyclic) bond motifs is 2. The molecule has 0 amide bonds. The first-order valence-electron chi connectivity index (χ1n) is 10.2. The molecular formula is C19H24FN7O2S. The molecule has 0 aromatic carbocycles. The van der Waals surface area contributed by atoms with Gasteiger partial charge in [-0.25, -0.2) is 27.9 Å². The Balaban J connectivity index is 1.32. The number of rotatable bonds is 6. The summed E-state index contributed by atoms with van der Waals surface area (Å²) in [5.74, 6) is 0.924. The van der Waals surface area contributed by atoms with Crippen molar-refractivity contribution in [3.05, 3.63) is 30.3 Å². The van der Waals surface area contributed by atoms with Crippen molar-refractivity contribution >= 4 is 27.5 Å². The topological polar surface area (TPSA) is 117 Å². The number of anilines is 3. The Morgan fingerprint density at radius 2 is 1.83 bits per heavy atom. The monoisotopic (exact) mass is 433 g/mol. The van der Waals surface area contributed by atoms with Crippen molar-refractivity contribution in [3.8, 4) is 0 Å². The van der Waals surface area contributed by atoms with Gasteiger partial charge in [-0.15, -0.1) is 0 Å². The Labute approximate surface area is 174 Å². The van der Waals surface area contributed by atoms with Crippen LogP contribution in [0.2, 0.25) is 0 Å². The second-order valence-corrected chi connectivity index (χ2v) is 9.86. The fraction of sp³-hybridized carbons (Fsp3) is 0.526. The second kappa shape index (κ2) is 7.40. The number of piperazine rings is 1. The Kier molecular flexibility index (Phi) is 4.83. The number of primary sulfonamides is 1. The van der Waals surface area contributed by atoms with Gasteiger partial charge >= 0.3 is 0 Å². The molecule has 1 aliphatic carbocycles. The number of halogens is 1. The molecule has 2 bridgehead atoms. The van der Waals surface area contributed by atoms with E-state index in [-0.39, 0.29) is 11.0 Å². The highest BCUT2D eigenvalue weighted by atomic mass is 32.2. The number of aromatic nitrogens is 3. The number of nitrogens with zero attached hydrogens (tertiary/aromatic N) is 5. The van der Waals surface area contributed by atoms with Gasteiger partial charge in [0.1, 0.15) is 0 Å². The molecule has 2 atom stereocenters. The Bertz CT molecular complexity index is 1030. The van der Waals surface area contributed by atoms with Gasteiger partial charge in [0.25, 0.3) is 10.0 Å². The zero-order valence-corrected chi connectivity index (χ0v) is 17.2. The zero-order chi connectivity index (χ0) is 20.9. The first kappa shape index (κ1) is 19.6. The van der Waals surface area contributed by atoms with Crippen LogP contribution in [0.25, 0.3) is 0 Å². The quantitative estimate of drug-likeness (QED) is 0.703. The SMILES string of the molecule is NS(=O)(=O)c1ccc(Nc2ncc(F)c(N3C[C@H]4CC[C@@H](C3)N4CC3CC3)n2)cn1. The zero-order valence-electron chi connectivity index (χ0n) is 16.4. The number of pyridine rings is 1. The Morgan fingerprint density at radius 3 is 2.43 bits per heavy atom. The minimum absolute atomic E-state index is 0.226. The van der Waals surface area contributed by atoms with Crippen molar-refractivity contribution in [3.63, 3.8) is 0 Å². The van der Waals surface area contributed by atoms with Crippen molar-refractivity contribution in [1.82, 2.24) is 19.9 Å². The smallest absolute Gasteiger partial charge is 0.255 e. The van der Waals surface area contributed by atoms with Crippen LogP contribution < -0.4 is 15.4 Å². The maximum Gasteiger partial charge on any atom is 0.255 e. The van der Waals surface area contributed by atoms with E-state index < -0.39 is 15.8 Å². The predicted molar refractivity (Wildman–Crippen MR) is 109 cm³/mol. The van der Waals surface area contributed by atoms with Crippen LogP contribution >= 0.6 is 0 Å². The molecule has 2 aromatic rings. The first-order chi connectivity index (χ1) is 14.4. The fourth-order valence-electron chi connectivity index (χ4n) is 4.45. The van der Waals surface area contributed by atoms with Gasteiger partial charge in [-0.2, -0.15) is 4.98 Å². The molecule has 1 saturated carbocycles. The number of nitrogens with one attached hydrogen (secondary N) is 1. The van der Waals surface area contributed by atoms with E-state index in [2.05, 4.69) is 25.2 Å². The number of hydrogen-bond acceptors (Lipinski definition) is 8. The van der Waals surface area contributed by atoms with Gasteiger partial charge in [0, 0.05) is 31.7 Å².